The highest BCUT2D eigenvalue weighted by Crippen LogP contribution is 2.28. The molecule has 0 aliphatic carbocycles. The van der Waals surface area contributed by atoms with Gasteiger partial charge in [0.25, 0.3) is 0 Å². The third-order valence-corrected chi connectivity index (χ3v) is 4.82. The Hall–Kier alpha value is -2.40. The van der Waals surface area contributed by atoms with Gasteiger partial charge in [-0.1, -0.05) is 55.9 Å². The summed E-state index contributed by atoms with van der Waals surface area (Å²) in [6.45, 7) is 4.14. The average molecular weight is 352 g/mol. The smallest absolute Gasteiger partial charge is 0.173 e. The van der Waals surface area contributed by atoms with Crippen LogP contribution in [0.5, 0.6) is 5.75 Å². The van der Waals surface area contributed by atoms with Crippen molar-refractivity contribution in [3.8, 4) is 5.75 Å². The second-order valence-electron chi connectivity index (χ2n) is 6.00. The van der Waals surface area contributed by atoms with E-state index in [4.69, 9.17) is 4.74 Å². The van der Waals surface area contributed by atoms with Crippen molar-refractivity contribution in [2.45, 2.75) is 24.8 Å². The standard InChI is InChI=1S/C20H20N2O2S/c1-13(2)19-21-17-10-5-4-9-16(17)20(22-19)25-12-18(23)14-7-6-8-15(11-14)24-3/h4-11,13H,12H2,1-3H3. The van der Waals surface area contributed by atoms with Crippen LogP contribution < -0.4 is 4.74 Å². The zero-order chi connectivity index (χ0) is 17.8. The summed E-state index contributed by atoms with van der Waals surface area (Å²) >= 11 is 1.46. The molecule has 0 spiro atoms. The molecule has 0 N–H and O–H groups in total. The van der Waals surface area contributed by atoms with Gasteiger partial charge in [-0.25, -0.2) is 9.97 Å². The van der Waals surface area contributed by atoms with Crippen molar-refractivity contribution < 1.29 is 9.53 Å². The number of thioether (sulfide) groups is 1. The quantitative estimate of drug-likeness (QED) is 0.364. The summed E-state index contributed by atoms with van der Waals surface area (Å²) in [7, 11) is 1.60. The zero-order valence-corrected chi connectivity index (χ0v) is 15.3. The topological polar surface area (TPSA) is 52.1 Å². The number of ether oxygens (including phenoxy) is 1. The number of carbonyl (C=O) groups excluding carboxylic acids is 1. The molecule has 2 aromatic carbocycles. The number of methoxy groups -OCH3 is 1. The van der Waals surface area contributed by atoms with E-state index in [-0.39, 0.29) is 11.7 Å². The molecule has 25 heavy (non-hydrogen) atoms. The fourth-order valence-corrected chi connectivity index (χ4v) is 3.37. The first-order valence-corrected chi connectivity index (χ1v) is 9.13. The SMILES string of the molecule is COc1cccc(C(=O)CSc2nc(C(C)C)nc3ccccc23)c1. The van der Waals surface area contributed by atoms with Crippen molar-refractivity contribution in [2.24, 2.45) is 0 Å². The molecule has 1 aromatic heterocycles. The number of hydrogen-bond donors (Lipinski definition) is 0. The van der Waals surface area contributed by atoms with Gasteiger partial charge >= 0.3 is 0 Å². The minimum atomic E-state index is 0.0534. The Morgan fingerprint density at radius 2 is 1.92 bits per heavy atom. The number of hydrogen-bond acceptors (Lipinski definition) is 5. The van der Waals surface area contributed by atoms with Crippen LogP contribution in [-0.2, 0) is 0 Å². The first kappa shape index (κ1) is 17.4. The molecular formula is C20H20N2O2S. The Morgan fingerprint density at radius 3 is 2.68 bits per heavy atom. The molecule has 1 heterocycles. The Bertz CT molecular complexity index is 909. The lowest BCUT2D eigenvalue weighted by Gasteiger charge is -2.10. The highest BCUT2D eigenvalue weighted by Gasteiger charge is 2.13. The van der Waals surface area contributed by atoms with Gasteiger partial charge in [0.05, 0.1) is 18.4 Å². The monoisotopic (exact) mass is 352 g/mol. The number of rotatable bonds is 6. The molecule has 0 aliphatic heterocycles. The minimum absolute atomic E-state index is 0.0534. The fourth-order valence-electron chi connectivity index (χ4n) is 2.45. The van der Waals surface area contributed by atoms with E-state index in [1.54, 1.807) is 13.2 Å². The third-order valence-electron chi connectivity index (χ3n) is 3.83. The van der Waals surface area contributed by atoms with E-state index >= 15 is 0 Å². The summed E-state index contributed by atoms with van der Waals surface area (Å²) in [4.78, 5) is 21.8. The van der Waals surface area contributed by atoms with Crippen LogP contribution in [0.15, 0.2) is 53.6 Å². The van der Waals surface area contributed by atoms with Crippen LogP contribution in [-0.4, -0.2) is 28.6 Å². The Morgan fingerprint density at radius 1 is 1.12 bits per heavy atom. The van der Waals surface area contributed by atoms with E-state index in [1.165, 1.54) is 11.8 Å². The number of para-hydroxylation sites is 1. The maximum atomic E-state index is 12.5. The average Bonchev–Trinajstić information content (AvgIpc) is 2.65. The van der Waals surface area contributed by atoms with E-state index < -0.39 is 0 Å². The van der Waals surface area contributed by atoms with Crippen LogP contribution in [0.3, 0.4) is 0 Å². The van der Waals surface area contributed by atoms with Crippen molar-refractivity contribution in [3.05, 3.63) is 59.9 Å². The number of carbonyl (C=O) groups is 1. The van der Waals surface area contributed by atoms with E-state index in [0.29, 0.717) is 17.1 Å². The highest BCUT2D eigenvalue weighted by atomic mass is 32.2. The van der Waals surface area contributed by atoms with Gasteiger partial charge in [-0.2, -0.15) is 0 Å². The molecule has 0 amide bonds. The normalized spacial score (nSPS) is 11.0. The van der Waals surface area contributed by atoms with Crippen LogP contribution in [0.25, 0.3) is 10.9 Å². The minimum Gasteiger partial charge on any atom is -0.497 e. The maximum absolute atomic E-state index is 12.5. The van der Waals surface area contributed by atoms with Crippen LogP contribution in [0.1, 0.15) is 35.9 Å². The molecule has 3 aromatic rings. The van der Waals surface area contributed by atoms with E-state index in [2.05, 4.69) is 23.8 Å². The first-order chi connectivity index (χ1) is 12.1. The summed E-state index contributed by atoms with van der Waals surface area (Å²) in [5, 5.41) is 1.83. The molecule has 0 saturated heterocycles. The second-order valence-corrected chi connectivity index (χ2v) is 6.97. The largest absolute Gasteiger partial charge is 0.497 e. The molecule has 0 fully saturated rings. The lowest BCUT2D eigenvalue weighted by molar-refractivity contribution is 0.102. The summed E-state index contributed by atoms with van der Waals surface area (Å²) < 4.78 is 5.19. The number of benzene rings is 2. The van der Waals surface area contributed by atoms with Crippen molar-refractivity contribution in [1.82, 2.24) is 9.97 Å². The summed E-state index contributed by atoms with van der Waals surface area (Å²) in [6, 6.07) is 15.1. The van der Waals surface area contributed by atoms with Crippen molar-refractivity contribution >= 4 is 28.4 Å². The molecule has 0 saturated carbocycles. The molecule has 0 atom stereocenters. The lowest BCUT2D eigenvalue weighted by Crippen LogP contribution is -2.05. The van der Waals surface area contributed by atoms with Gasteiger partial charge in [-0.15, -0.1) is 0 Å². The molecule has 0 radical (unpaired) electrons. The van der Waals surface area contributed by atoms with E-state index in [1.807, 2.05) is 42.5 Å². The summed E-state index contributed by atoms with van der Waals surface area (Å²) in [6.07, 6.45) is 0. The number of Topliss-reactive ketones (excluding diaryl/α,β-unsaturated/α-hetero) is 1. The molecule has 0 unspecified atom stereocenters. The molecule has 4 nitrogen and oxygen atoms in total. The van der Waals surface area contributed by atoms with Crippen LogP contribution in [0.2, 0.25) is 0 Å². The molecular weight excluding hydrogens is 332 g/mol. The predicted octanol–water partition coefficient (Wildman–Crippen LogP) is 4.74. The number of aromatic nitrogens is 2. The van der Waals surface area contributed by atoms with E-state index in [9.17, 15) is 4.79 Å². The molecule has 0 bridgehead atoms. The fraction of sp³-hybridized carbons (Fsp3) is 0.250. The van der Waals surface area contributed by atoms with Crippen LogP contribution >= 0.6 is 11.8 Å². The Kier molecular flexibility index (Phi) is 5.34. The second kappa shape index (κ2) is 7.66. The molecule has 3 rings (SSSR count). The van der Waals surface area contributed by atoms with Crippen LogP contribution in [0.4, 0.5) is 0 Å². The first-order valence-electron chi connectivity index (χ1n) is 8.15. The van der Waals surface area contributed by atoms with Crippen LogP contribution in [0, 0.1) is 0 Å². The molecule has 128 valence electrons. The van der Waals surface area contributed by atoms with Gasteiger partial charge in [0, 0.05) is 16.9 Å². The number of fused-ring (bicyclic) bond motifs is 1. The van der Waals surface area contributed by atoms with Gasteiger partial charge in [-0.05, 0) is 18.2 Å². The Labute approximate surface area is 151 Å². The van der Waals surface area contributed by atoms with E-state index in [0.717, 1.165) is 21.8 Å². The van der Waals surface area contributed by atoms with Gasteiger partial charge < -0.3 is 4.74 Å². The lowest BCUT2D eigenvalue weighted by atomic mass is 10.1. The Balaban J connectivity index is 1.86. The van der Waals surface area contributed by atoms with Gasteiger partial charge in [0.15, 0.2) is 5.78 Å². The summed E-state index contributed by atoms with van der Waals surface area (Å²) in [5.74, 6) is 2.10. The molecule has 0 aliphatic rings. The third kappa shape index (κ3) is 3.99. The van der Waals surface area contributed by atoms with Gasteiger partial charge in [0.2, 0.25) is 0 Å². The van der Waals surface area contributed by atoms with Gasteiger partial charge in [-0.3, -0.25) is 4.79 Å². The zero-order valence-electron chi connectivity index (χ0n) is 14.5. The molecule has 5 heteroatoms. The number of ketones is 1. The van der Waals surface area contributed by atoms with Crippen molar-refractivity contribution in [3.63, 3.8) is 0 Å². The van der Waals surface area contributed by atoms with Crippen molar-refractivity contribution in [1.29, 1.82) is 0 Å². The maximum Gasteiger partial charge on any atom is 0.173 e. The van der Waals surface area contributed by atoms with Crippen molar-refractivity contribution in [2.75, 3.05) is 12.9 Å². The highest BCUT2D eigenvalue weighted by molar-refractivity contribution is 8.00. The summed E-state index contributed by atoms with van der Waals surface area (Å²) in [5.41, 5.74) is 1.56. The van der Waals surface area contributed by atoms with Gasteiger partial charge in [0.1, 0.15) is 16.6 Å². The number of nitrogens with zero attached hydrogens (tertiary/aromatic N) is 2. The predicted molar refractivity (Wildman–Crippen MR) is 102 cm³/mol.